The monoisotopic (exact) mass is 494 g/mol. The summed E-state index contributed by atoms with van der Waals surface area (Å²) < 4.78 is 34.1. The van der Waals surface area contributed by atoms with Gasteiger partial charge in [0.15, 0.2) is 0 Å². The zero-order chi connectivity index (χ0) is 19.3. The Morgan fingerprint density at radius 2 is 1.75 bits per heavy atom. The van der Waals surface area contributed by atoms with Crippen molar-refractivity contribution in [2.24, 2.45) is 0 Å². The first kappa shape index (κ1) is 12.2. The molecule has 2 nitrogen and oxygen atoms in total. The van der Waals surface area contributed by atoms with Crippen molar-refractivity contribution in [1.82, 2.24) is 9.55 Å². The molecule has 0 aliphatic rings. The molecule has 1 radical (unpaired) electrons. The van der Waals surface area contributed by atoms with Crippen molar-refractivity contribution >= 4 is 11.0 Å². The van der Waals surface area contributed by atoms with Gasteiger partial charge in [-0.05, 0) is 39.8 Å². The number of para-hydroxylation sites is 3. The van der Waals surface area contributed by atoms with Crippen molar-refractivity contribution in [3.05, 3.63) is 83.8 Å². The Labute approximate surface area is 161 Å². The molecule has 0 aliphatic heterocycles. The van der Waals surface area contributed by atoms with Gasteiger partial charge in [-0.3, -0.25) is 4.98 Å². The van der Waals surface area contributed by atoms with Gasteiger partial charge in [0.2, 0.25) is 0 Å². The molecule has 0 aliphatic carbocycles. The molecule has 1 aromatic heterocycles. The van der Waals surface area contributed by atoms with Gasteiger partial charge in [-0.15, -0.1) is 35.8 Å². The Morgan fingerprint density at radius 3 is 2.54 bits per heavy atom. The second-order valence-electron chi connectivity index (χ2n) is 5.50. The molecule has 24 heavy (non-hydrogen) atoms. The molecule has 3 heteroatoms. The standard InChI is InChI=1S/C21H17N2.Ir/c1-15-9-8-10-16(2)20(15)23-19-14-7-6-13-18(19)22-21(23)17-11-4-3-5-12-17;/h3-11,13-14H,1-2H3;/q-1;/i3D,4D,5D,11D;. The van der Waals surface area contributed by atoms with Gasteiger partial charge in [0, 0.05) is 28.5 Å². The SMILES string of the molecule is [2H]c1[c-]c(-c2nc3ccccc3n2-c2c(C)cccc2C)c([2H])c([2H])c1[2H].[Ir]. The smallest absolute Gasteiger partial charge is 0.0774 e. The zero-order valence-electron chi connectivity index (χ0n) is 17.3. The molecule has 0 fully saturated rings. The van der Waals surface area contributed by atoms with Crippen LogP contribution in [0, 0.1) is 19.9 Å². The number of benzene rings is 3. The van der Waals surface area contributed by atoms with Gasteiger partial charge >= 0.3 is 0 Å². The van der Waals surface area contributed by atoms with Crippen molar-refractivity contribution in [2.75, 3.05) is 0 Å². The average Bonchev–Trinajstić information content (AvgIpc) is 3.02. The molecule has 0 amide bonds. The molecule has 0 atom stereocenters. The van der Waals surface area contributed by atoms with Crippen LogP contribution in [-0.4, -0.2) is 9.55 Å². The van der Waals surface area contributed by atoms with Gasteiger partial charge in [-0.2, -0.15) is 0 Å². The molecule has 3 aromatic carbocycles. The minimum Gasteiger partial charge on any atom is -0.333 e. The molecule has 4 aromatic rings. The van der Waals surface area contributed by atoms with Gasteiger partial charge in [0.25, 0.3) is 0 Å². The van der Waals surface area contributed by atoms with E-state index in [2.05, 4.69) is 6.07 Å². The summed E-state index contributed by atoms with van der Waals surface area (Å²) in [5.74, 6) is 0.459. The Balaban J connectivity index is 0.00000225. The summed E-state index contributed by atoms with van der Waals surface area (Å²) in [4.78, 5) is 4.70. The van der Waals surface area contributed by atoms with Gasteiger partial charge in [0.1, 0.15) is 0 Å². The third-order valence-corrected chi connectivity index (χ3v) is 3.95. The van der Waals surface area contributed by atoms with Crippen LogP contribution in [0.5, 0.6) is 0 Å². The number of hydrogen-bond donors (Lipinski definition) is 0. The molecule has 0 spiro atoms. The first-order valence-corrected chi connectivity index (χ1v) is 7.44. The van der Waals surface area contributed by atoms with E-state index in [1.54, 1.807) is 0 Å². The number of rotatable bonds is 2. The number of aromatic nitrogens is 2. The molecule has 0 saturated heterocycles. The Morgan fingerprint density at radius 1 is 1.00 bits per heavy atom. The largest absolute Gasteiger partial charge is 0.333 e. The molecular weight excluding hydrogens is 472 g/mol. The van der Waals surface area contributed by atoms with Crippen LogP contribution >= 0.6 is 0 Å². The van der Waals surface area contributed by atoms with Crippen molar-refractivity contribution in [2.45, 2.75) is 13.8 Å². The third-order valence-electron chi connectivity index (χ3n) is 3.95. The number of nitrogens with zero attached hydrogens (tertiary/aromatic N) is 2. The maximum absolute atomic E-state index is 8.33. The zero-order valence-corrected chi connectivity index (χ0v) is 15.7. The van der Waals surface area contributed by atoms with E-state index in [1.165, 1.54) is 0 Å². The summed E-state index contributed by atoms with van der Waals surface area (Å²) in [6.07, 6.45) is 0. The van der Waals surface area contributed by atoms with Crippen LogP contribution in [0.4, 0.5) is 0 Å². The van der Waals surface area contributed by atoms with E-state index in [1.807, 2.05) is 60.9 Å². The number of aryl methyl sites for hydroxylation is 2. The Hall–Kier alpha value is -2.22. The summed E-state index contributed by atoms with van der Waals surface area (Å²) in [7, 11) is 0. The molecule has 0 saturated carbocycles. The molecule has 0 bridgehead atoms. The molecule has 0 N–H and O–H groups in total. The van der Waals surface area contributed by atoms with E-state index in [4.69, 9.17) is 10.5 Å². The quantitative estimate of drug-likeness (QED) is 0.355. The average molecular weight is 494 g/mol. The molecule has 121 valence electrons. The van der Waals surface area contributed by atoms with Crippen molar-refractivity contribution in [3.8, 4) is 17.1 Å². The van der Waals surface area contributed by atoms with E-state index in [9.17, 15) is 0 Å². The first-order valence-electron chi connectivity index (χ1n) is 9.44. The summed E-state index contributed by atoms with van der Waals surface area (Å²) in [6.45, 7) is 4.04. The number of imidazole rings is 1. The van der Waals surface area contributed by atoms with E-state index in [-0.39, 0.29) is 49.8 Å². The second kappa shape index (κ2) is 6.72. The predicted octanol–water partition coefficient (Wildman–Crippen LogP) is 5.11. The maximum Gasteiger partial charge on any atom is 0.0774 e. The third kappa shape index (κ3) is 2.71. The van der Waals surface area contributed by atoms with E-state index < -0.39 is 0 Å². The number of fused-ring (bicyclic) bond motifs is 1. The second-order valence-corrected chi connectivity index (χ2v) is 5.50. The predicted molar refractivity (Wildman–Crippen MR) is 94.8 cm³/mol. The van der Waals surface area contributed by atoms with Gasteiger partial charge in [-0.1, -0.05) is 30.3 Å². The van der Waals surface area contributed by atoms with Crippen LogP contribution in [0.25, 0.3) is 28.1 Å². The van der Waals surface area contributed by atoms with Crippen LogP contribution < -0.4 is 0 Å². The van der Waals surface area contributed by atoms with Gasteiger partial charge in [0.05, 0.1) is 16.9 Å². The Bertz CT molecular complexity index is 1180. The summed E-state index contributed by atoms with van der Waals surface area (Å²) in [5, 5.41) is 0. The molecule has 0 unspecified atom stereocenters. The van der Waals surface area contributed by atoms with Crippen LogP contribution in [-0.2, 0) is 20.1 Å². The number of hydrogen-bond acceptors (Lipinski definition) is 1. The minimum atomic E-state index is -0.293. The normalized spacial score (nSPS) is 12.9. The fraction of sp³-hybridized carbons (Fsp3) is 0.0952. The van der Waals surface area contributed by atoms with Crippen LogP contribution in [0.3, 0.4) is 0 Å². The molecular formula is C21H17IrN2-. The summed E-state index contributed by atoms with van der Waals surface area (Å²) >= 11 is 0. The topological polar surface area (TPSA) is 17.8 Å². The van der Waals surface area contributed by atoms with Crippen LogP contribution in [0.1, 0.15) is 16.6 Å². The fourth-order valence-corrected chi connectivity index (χ4v) is 2.94. The molecule has 1 heterocycles. The van der Waals surface area contributed by atoms with E-state index >= 15 is 0 Å². The van der Waals surface area contributed by atoms with Crippen molar-refractivity contribution in [1.29, 1.82) is 0 Å². The maximum atomic E-state index is 8.33. The summed E-state index contributed by atoms with van der Waals surface area (Å²) in [5.41, 5.74) is 4.98. The fourth-order valence-electron chi connectivity index (χ4n) is 2.94. The molecule has 4 rings (SSSR count). The first-order chi connectivity index (χ1) is 12.9. The minimum absolute atomic E-state index is 0. The van der Waals surface area contributed by atoms with Crippen molar-refractivity contribution < 1.29 is 25.6 Å². The van der Waals surface area contributed by atoms with Crippen LogP contribution in [0.2, 0.25) is 0 Å². The van der Waals surface area contributed by atoms with Gasteiger partial charge in [-0.25, -0.2) is 0 Å². The Kier molecular flexibility index (Phi) is 3.41. The van der Waals surface area contributed by atoms with Crippen molar-refractivity contribution in [3.63, 3.8) is 0 Å². The van der Waals surface area contributed by atoms with E-state index in [0.29, 0.717) is 5.82 Å². The summed E-state index contributed by atoms with van der Waals surface area (Å²) in [6, 6.07) is 15.6. The van der Waals surface area contributed by atoms with E-state index in [0.717, 1.165) is 27.8 Å². The van der Waals surface area contributed by atoms with Crippen LogP contribution in [0.15, 0.2) is 66.6 Å². The van der Waals surface area contributed by atoms with Gasteiger partial charge < -0.3 is 4.57 Å².